The normalized spacial score (nSPS) is 10.0. The third-order valence-corrected chi connectivity index (χ3v) is 4.65. The smallest absolute Gasteiger partial charge is 0.303 e. The van der Waals surface area contributed by atoms with Crippen molar-refractivity contribution in [2.45, 2.75) is 129 Å². The second kappa shape index (κ2) is 34.2. The Labute approximate surface area is 183 Å². The Morgan fingerprint density at radius 2 is 1.00 bits per heavy atom. The molecule has 0 amide bonds. The zero-order chi connectivity index (χ0) is 22.4. The Bertz CT molecular complexity index is 333. The SMILES string of the molecule is C=C.C=CC.CCCCCCCCC=CCCCCCCCCCCCC(=O)O. The molecule has 1 N–H and O–H groups in total. The van der Waals surface area contributed by atoms with E-state index in [-0.39, 0.29) is 0 Å². The molecule has 0 saturated heterocycles. The Hall–Kier alpha value is -1.31. The van der Waals surface area contributed by atoms with Crippen LogP contribution in [0.2, 0.25) is 0 Å². The van der Waals surface area contributed by atoms with Gasteiger partial charge in [-0.3, -0.25) is 4.79 Å². The molecular weight excluding hydrogens is 356 g/mol. The fourth-order valence-corrected chi connectivity index (χ4v) is 3.05. The van der Waals surface area contributed by atoms with E-state index < -0.39 is 5.97 Å². The van der Waals surface area contributed by atoms with Crippen molar-refractivity contribution >= 4 is 5.97 Å². The summed E-state index contributed by atoms with van der Waals surface area (Å²) in [5.41, 5.74) is 0. The lowest BCUT2D eigenvalue weighted by molar-refractivity contribution is -0.137. The molecule has 0 heterocycles. The van der Waals surface area contributed by atoms with Crippen LogP contribution >= 0.6 is 0 Å². The van der Waals surface area contributed by atoms with E-state index in [9.17, 15) is 4.79 Å². The largest absolute Gasteiger partial charge is 0.481 e. The van der Waals surface area contributed by atoms with Crippen LogP contribution in [-0.2, 0) is 4.79 Å². The number of hydrogen-bond acceptors (Lipinski definition) is 1. The van der Waals surface area contributed by atoms with E-state index in [1.165, 1.54) is 96.3 Å². The highest BCUT2D eigenvalue weighted by molar-refractivity contribution is 5.66. The first-order chi connectivity index (χ1) is 14.2. The third kappa shape index (κ3) is 42.0. The molecule has 0 rings (SSSR count). The molecule has 0 atom stereocenters. The van der Waals surface area contributed by atoms with Crippen molar-refractivity contribution in [3.63, 3.8) is 0 Å². The molecule has 29 heavy (non-hydrogen) atoms. The molecule has 0 bridgehead atoms. The van der Waals surface area contributed by atoms with Gasteiger partial charge in [-0.1, -0.05) is 102 Å². The molecule has 0 aliphatic heterocycles. The standard InChI is InChI=1S/C22H42O2.C3H6.C2H4/c1-2-3-4-5-6-7-8-9-10-11-12-13-14-15-16-17-18-19-20-21-22(23)24;1-3-2;1-2/h9-10H,2-8,11-21H2,1H3,(H,23,24);3H,1H2,2H3;1-2H2. The van der Waals surface area contributed by atoms with Crippen molar-refractivity contribution < 1.29 is 9.90 Å². The van der Waals surface area contributed by atoms with Gasteiger partial charge in [0, 0.05) is 6.42 Å². The molecule has 0 aromatic carbocycles. The third-order valence-electron chi connectivity index (χ3n) is 4.65. The van der Waals surface area contributed by atoms with Crippen molar-refractivity contribution in [2.75, 3.05) is 0 Å². The van der Waals surface area contributed by atoms with Gasteiger partial charge < -0.3 is 5.11 Å². The van der Waals surface area contributed by atoms with Crippen LogP contribution in [0.4, 0.5) is 0 Å². The predicted octanol–water partition coefficient (Wildman–Crippen LogP) is 9.66. The molecule has 2 nitrogen and oxygen atoms in total. The maximum Gasteiger partial charge on any atom is 0.303 e. The van der Waals surface area contributed by atoms with Crippen LogP contribution in [0.15, 0.2) is 38.0 Å². The van der Waals surface area contributed by atoms with Crippen LogP contribution in [-0.4, -0.2) is 11.1 Å². The summed E-state index contributed by atoms with van der Waals surface area (Å²) in [5, 5.41) is 8.55. The first kappa shape index (κ1) is 32.4. The van der Waals surface area contributed by atoms with Gasteiger partial charge in [0.25, 0.3) is 0 Å². The number of rotatable bonds is 19. The molecule has 0 aromatic rings. The van der Waals surface area contributed by atoms with E-state index in [1.54, 1.807) is 6.08 Å². The minimum atomic E-state index is -0.656. The first-order valence-electron chi connectivity index (χ1n) is 12.1. The van der Waals surface area contributed by atoms with E-state index in [0.29, 0.717) is 6.42 Å². The van der Waals surface area contributed by atoms with Crippen molar-refractivity contribution in [1.82, 2.24) is 0 Å². The van der Waals surface area contributed by atoms with E-state index in [4.69, 9.17) is 5.11 Å². The van der Waals surface area contributed by atoms with Crippen LogP contribution in [0.5, 0.6) is 0 Å². The Kier molecular flexibility index (Phi) is 38.2. The van der Waals surface area contributed by atoms with Gasteiger partial charge in [0.15, 0.2) is 0 Å². The highest BCUT2D eigenvalue weighted by Gasteiger charge is 1.96. The molecule has 0 aromatic heterocycles. The summed E-state index contributed by atoms with van der Waals surface area (Å²) in [6, 6.07) is 0. The summed E-state index contributed by atoms with van der Waals surface area (Å²) in [6.07, 6.45) is 28.9. The lowest BCUT2D eigenvalue weighted by atomic mass is 10.1. The van der Waals surface area contributed by atoms with Crippen molar-refractivity contribution in [1.29, 1.82) is 0 Å². The maximum absolute atomic E-state index is 10.4. The van der Waals surface area contributed by atoms with Crippen LogP contribution in [0.1, 0.15) is 129 Å². The number of aliphatic carboxylic acids is 1. The highest BCUT2D eigenvalue weighted by atomic mass is 16.4. The first-order valence-corrected chi connectivity index (χ1v) is 12.1. The van der Waals surface area contributed by atoms with Crippen LogP contribution in [0, 0.1) is 0 Å². The highest BCUT2D eigenvalue weighted by Crippen LogP contribution is 2.12. The number of carbonyl (C=O) groups is 1. The van der Waals surface area contributed by atoms with Gasteiger partial charge in [0.1, 0.15) is 0 Å². The molecule has 0 spiro atoms. The van der Waals surface area contributed by atoms with Gasteiger partial charge in [-0.05, 0) is 39.0 Å². The van der Waals surface area contributed by atoms with Gasteiger partial charge in [-0.25, -0.2) is 0 Å². The van der Waals surface area contributed by atoms with Gasteiger partial charge in [0.05, 0.1) is 0 Å². The van der Waals surface area contributed by atoms with E-state index in [2.05, 4.69) is 38.8 Å². The summed E-state index contributed by atoms with van der Waals surface area (Å²) < 4.78 is 0. The van der Waals surface area contributed by atoms with Crippen molar-refractivity contribution in [3.05, 3.63) is 38.0 Å². The molecule has 0 aliphatic carbocycles. The topological polar surface area (TPSA) is 37.3 Å². The second-order valence-corrected chi connectivity index (χ2v) is 7.55. The fraction of sp³-hybridized carbons (Fsp3) is 0.741. The summed E-state index contributed by atoms with van der Waals surface area (Å²) in [7, 11) is 0. The Balaban J connectivity index is -0.00000123. The number of hydrogen-bond donors (Lipinski definition) is 1. The number of unbranched alkanes of at least 4 members (excludes halogenated alkanes) is 15. The van der Waals surface area contributed by atoms with Crippen molar-refractivity contribution in [3.8, 4) is 0 Å². The minimum Gasteiger partial charge on any atom is -0.481 e. The van der Waals surface area contributed by atoms with Gasteiger partial charge in [0.2, 0.25) is 0 Å². The van der Waals surface area contributed by atoms with E-state index in [0.717, 1.165) is 12.8 Å². The van der Waals surface area contributed by atoms with Gasteiger partial charge >= 0.3 is 5.97 Å². The zero-order valence-electron chi connectivity index (χ0n) is 19.9. The molecule has 172 valence electrons. The maximum atomic E-state index is 10.4. The van der Waals surface area contributed by atoms with Crippen molar-refractivity contribution in [2.24, 2.45) is 0 Å². The molecule has 2 heteroatoms. The summed E-state index contributed by atoms with van der Waals surface area (Å²) in [4.78, 5) is 10.4. The second-order valence-electron chi connectivity index (χ2n) is 7.55. The average molecular weight is 409 g/mol. The summed E-state index contributed by atoms with van der Waals surface area (Å²) in [5.74, 6) is -0.656. The van der Waals surface area contributed by atoms with Gasteiger partial charge in [-0.15, -0.1) is 19.7 Å². The predicted molar refractivity (Wildman–Crippen MR) is 133 cm³/mol. The summed E-state index contributed by atoms with van der Waals surface area (Å²) in [6.45, 7) is 13.5. The Morgan fingerprint density at radius 3 is 1.34 bits per heavy atom. The number of carboxylic acids is 1. The molecule has 0 saturated carbocycles. The number of allylic oxidation sites excluding steroid dienone is 3. The Morgan fingerprint density at radius 1 is 0.690 bits per heavy atom. The molecular formula is C27H52O2. The minimum absolute atomic E-state index is 0.340. The molecule has 0 radical (unpaired) electrons. The lowest BCUT2D eigenvalue weighted by Gasteiger charge is -2.01. The molecule has 0 fully saturated rings. The fourth-order valence-electron chi connectivity index (χ4n) is 3.05. The van der Waals surface area contributed by atoms with Crippen LogP contribution in [0.3, 0.4) is 0 Å². The monoisotopic (exact) mass is 408 g/mol. The quantitative estimate of drug-likeness (QED) is 0.170. The molecule has 0 unspecified atom stereocenters. The lowest BCUT2D eigenvalue weighted by Crippen LogP contribution is -1.93. The van der Waals surface area contributed by atoms with E-state index in [1.807, 2.05) is 6.92 Å². The van der Waals surface area contributed by atoms with Gasteiger partial charge in [-0.2, -0.15) is 0 Å². The number of carboxylic acid groups (broad SMARTS) is 1. The summed E-state index contributed by atoms with van der Waals surface area (Å²) >= 11 is 0. The van der Waals surface area contributed by atoms with Crippen LogP contribution < -0.4 is 0 Å². The zero-order valence-corrected chi connectivity index (χ0v) is 19.9. The molecule has 0 aliphatic rings. The average Bonchev–Trinajstić information content (AvgIpc) is 2.71. The van der Waals surface area contributed by atoms with E-state index >= 15 is 0 Å². The van der Waals surface area contributed by atoms with Crippen LogP contribution in [0.25, 0.3) is 0 Å².